The van der Waals surface area contributed by atoms with Crippen molar-refractivity contribution in [1.82, 2.24) is 4.98 Å². The lowest BCUT2D eigenvalue weighted by Gasteiger charge is -2.13. The van der Waals surface area contributed by atoms with Crippen LogP contribution in [0.3, 0.4) is 0 Å². The normalized spacial score (nSPS) is 10.2. The number of aliphatic hydroxyl groups excluding tert-OH is 1. The van der Waals surface area contributed by atoms with Crippen molar-refractivity contribution in [3.05, 3.63) is 35.4 Å². The van der Waals surface area contributed by atoms with E-state index in [1.807, 2.05) is 6.92 Å². The van der Waals surface area contributed by atoms with Crippen molar-refractivity contribution in [2.45, 2.75) is 11.9 Å². The smallest absolute Gasteiger partial charge is 0.143 e. The van der Waals surface area contributed by atoms with Gasteiger partial charge in [-0.1, -0.05) is 12.1 Å². The van der Waals surface area contributed by atoms with E-state index in [0.29, 0.717) is 46.4 Å². The van der Waals surface area contributed by atoms with Gasteiger partial charge in [-0.2, -0.15) is 10.5 Å². The van der Waals surface area contributed by atoms with Crippen LogP contribution in [0.1, 0.15) is 18.1 Å². The first-order valence-corrected chi connectivity index (χ1v) is 9.33. The zero-order valence-corrected chi connectivity index (χ0v) is 15.8. The minimum Gasteiger partial charge on any atom is -0.491 e. The van der Waals surface area contributed by atoms with Crippen LogP contribution in [0.5, 0.6) is 5.75 Å². The van der Waals surface area contributed by atoms with Gasteiger partial charge in [-0.3, -0.25) is 0 Å². The lowest BCUT2D eigenvalue weighted by atomic mass is 9.97. The van der Waals surface area contributed by atoms with Crippen LogP contribution in [0.2, 0.25) is 0 Å². The zero-order chi connectivity index (χ0) is 19.6. The Morgan fingerprint density at radius 3 is 2.44 bits per heavy atom. The fraction of sp³-hybridized carbons (Fsp3) is 0.316. The molecule has 2 rings (SSSR count). The number of rotatable bonds is 9. The molecule has 0 saturated carbocycles. The number of thioether (sulfide) groups is 1. The van der Waals surface area contributed by atoms with Crippen molar-refractivity contribution in [3.8, 4) is 29.0 Å². The summed E-state index contributed by atoms with van der Waals surface area (Å²) in [6.45, 7) is 3.16. The molecule has 27 heavy (non-hydrogen) atoms. The quantitative estimate of drug-likeness (QED) is 0.499. The topological polar surface area (TPSA) is 125 Å². The molecule has 8 heteroatoms. The number of anilines is 1. The summed E-state index contributed by atoms with van der Waals surface area (Å²) in [4.78, 5) is 4.24. The summed E-state index contributed by atoms with van der Waals surface area (Å²) in [7, 11) is 0. The van der Waals surface area contributed by atoms with E-state index >= 15 is 0 Å². The Kier molecular flexibility index (Phi) is 7.90. The number of aromatic nitrogens is 1. The summed E-state index contributed by atoms with van der Waals surface area (Å²) >= 11 is 1.37. The largest absolute Gasteiger partial charge is 0.491 e. The summed E-state index contributed by atoms with van der Waals surface area (Å²) in [5.41, 5.74) is 7.59. The molecule has 0 radical (unpaired) electrons. The Morgan fingerprint density at radius 2 is 1.85 bits per heavy atom. The molecule has 1 aromatic carbocycles. The maximum atomic E-state index is 9.71. The summed E-state index contributed by atoms with van der Waals surface area (Å²) in [6.07, 6.45) is 0. The minimum absolute atomic E-state index is 0.0812. The highest BCUT2D eigenvalue weighted by atomic mass is 32.2. The molecule has 0 aliphatic carbocycles. The molecule has 0 unspecified atom stereocenters. The van der Waals surface area contributed by atoms with Gasteiger partial charge in [0.1, 0.15) is 40.9 Å². The highest BCUT2D eigenvalue weighted by Crippen LogP contribution is 2.36. The van der Waals surface area contributed by atoms with Crippen molar-refractivity contribution >= 4 is 17.6 Å². The first kappa shape index (κ1) is 20.5. The molecular weight excluding hydrogens is 364 g/mol. The molecule has 0 amide bonds. The van der Waals surface area contributed by atoms with E-state index in [9.17, 15) is 10.5 Å². The second-order valence-corrected chi connectivity index (χ2v) is 6.38. The molecule has 0 bridgehead atoms. The van der Waals surface area contributed by atoms with Gasteiger partial charge in [-0.05, 0) is 24.6 Å². The number of benzene rings is 1. The van der Waals surface area contributed by atoms with Gasteiger partial charge in [0, 0.05) is 17.9 Å². The molecule has 0 aliphatic heterocycles. The second kappa shape index (κ2) is 10.4. The van der Waals surface area contributed by atoms with Crippen molar-refractivity contribution in [2.24, 2.45) is 0 Å². The summed E-state index contributed by atoms with van der Waals surface area (Å²) in [5.74, 6) is 1.29. The minimum atomic E-state index is -0.0812. The lowest BCUT2D eigenvalue weighted by Crippen LogP contribution is -2.05. The third kappa shape index (κ3) is 5.11. The van der Waals surface area contributed by atoms with Gasteiger partial charge in [0.25, 0.3) is 0 Å². The SMILES string of the molecule is CCOCCSc1nc(N)c(C#N)c(-c2ccc(OCCO)cc2)c1C#N. The number of ether oxygens (including phenoxy) is 2. The van der Waals surface area contributed by atoms with Crippen molar-refractivity contribution in [3.63, 3.8) is 0 Å². The van der Waals surface area contributed by atoms with E-state index < -0.39 is 0 Å². The van der Waals surface area contributed by atoms with Gasteiger partial charge in [0.05, 0.1) is 18.8 Å². The van der Waals surface area contributed by atoms with Gasteiger partial charge in [-0.25, -0.2) is 4.98 Å². The van der Waals surface area contributed by atoms with Crippen LogP contribution >= 0.6 is 11.8 Å². The van der Waals surface area contributed by atoms with Crippen molar-refractivity contribution in [1.29, 1.82) is 10.5 Å². The molecule has 1 heterocycles. The number of hydrogen-bond donors (Lipinski definition) is 2. The molecule has 7 nitrogen and oxygen atoms in total. The number of nitriles is 2. The number of nitrogens with zero attached hydrogens (tertiary/aromatic N) is 3. The van der Waals surface area contributed by atoms with E-state index in [4.69, 9.17) is 20.3 Å². The van der Waals surface area contributed by atoms with E-state index in [1.54, 1.807) is 24.3 Å². The van der Waals surface area contributed by atoms with Gasteiger partial charge >= 0.3 is 0 Å². The predicted molar refractivity (Wildman–Crippen MR) is 103 cm³/mol. The number of aliphatic hydroxyl groups is 1. The zero-order valence-electron chi connectivity index (χ0n) is 14.9. The first-order chi connectivity index (χ1) is 13.2. The fourth-order valence-electron chi connectivity index (χ4n) is 2.41. The molecule has 0 spiro atoms. The molecule has 2 aromatic rings. The third-order valence-corrected chi connectivity index (χ3v) is 4.53. The standard InChI is InChI=1S/C19H20N4O3S/c1-2-25-9-10-27-19-16(12-21)17(15(11-20)18(22)23-19)13-3-5-14(6-4-13)26-8-7-24/h3-6,24H,2,7-10H2,1H3,(H2,22,23). The Bertz CT molecular complexity index is 857. The highest BCUT2D eigenvalue weighted by Gasteiger charge is 2.20. The molecule has 3 N–H and O–H groups in total. The van der Waals surface area contributed by atoms with E-state index in [0.717, 1.165) is 0 Å². The second-order valence-electron chi connectivity index (χ2n) is 5.29. The van der Waals surface area contributed by atoms with Gasteiger partial charge in [-0.15, -0.1) is 11.8 Å². The van der Waals surface area contributed by atoms with Crippen LogP contribution in [0.25, 0.3) is 11.1 Å². The Labute approximate surface area is 162 Å². The summed E-state index contributed by atoms with van der Waals surface area (Å²) in [6, 6.07) is 11.1. The highest BCUT2D eigenvalue weighted by molar-refractivity contribution is 7.99. The molecule has 1 aromatic heterocycles. The maximum Gasteiger partial charge on any atom is 0.143 e. The average Bonchev–Trinajstić information content (AvgIpc) is 2.69. The number of pyridine rings is 1. The van der Waals surface area contributed by atoms with E-state index in [2.05, 4.69) is 17.1 Å². The Morgan fingerprint density at radius 1 is 1.15 bits per heavy atom. The van der Waals surface area contributed by atoms with Crippen LogP contribution in [0, 0.1) is 22.7 Å². The molecule has 0 fully saturated rings. The molecular formula is C19H20N4O3S. The summed E-state index contributed by atoms with van der Waals surface area (Å²) < 4.78 is 10.7. The van der Waals surface area contributed by atoms with Crippen LogP contribution < -0.4 is 10.5 Å². The predicted octanol–water partition coefficient (Wildman–Crippen LogP) is 2.57. The molecule has 0 aliphatic rings. The van der Waals surface area contributed by atoms with Crippen molar-refractivity contribution in [2.75, 3.05) is 37.9 Å². The van der Waals surface area contributed by atoms with Gasteiger partial charge in [0.2, 0.25) is 0 Å². The van der Waals surface area contributed by atoms with E-state index in [1.165, 1.54) is 11.8 Å². The number of nitrogens with two attached hydrogens (primary N) is 1. The third-order valence-electron chi connectivity index (χ3n) is 3.59. The summed E-state index contributed by atoms with van der Waals surface area (Å²) in [5, 5.41) is 28.5. The van der Waals surface area contributed by atoms with Crippen LogP contribution in [0.15, 0.2) is 29.3 Å². The Hall–Kier alpha value is -2.78. The average molecular weight is 384 g/mol. The molecule has 140 valence electrons. The maximum absolute atomic E-state index is 9.71. The molecule has 0 saturated heterocycles. The Balaban J connectivity index is 2.45. The van der Waals surface area contributed by atoms with Crippen LogP contribution in [0.4, 0.5) is 5.82 Å². The van der Waals surface area contributed by atoms with Crippen LogP contribution in [-0.2, 0) is 4.74 Å². The lowest BCUT2D eigenvalue weighted by molar-refractivity contribution is 0.164. The first-order valence-electron chi connectivity index (χ1n) is 8.34. The number of nitrogen functional groups attached to an aromatic ring is 1. The fourth-order valence-corrected chi connectivity index (χ4v) is 3.26. The van der Waals surface area contributed by atoms with Gasteiger partial charge < -0.3 is 20.3 Å². The van der Waals surface area contributed by atoms with Crippen LogP contribution in [-0.4, -0.2) is 42.3 Å². The van der Waals surface area contributed by atoms with Gasteiger partial charge in [0.15, 0.2) is 0 Å². The number of hydrogen-bond acceptors (Lipinski definition) is 8. The van der Waals surface area contributed by atoms with E-state index in [-0.39, 0.29) is 24.6 Å². The van der Waals surface area contributed by atoms with Crippen molar-refractivity contribution < 1.29 is 14.6 Å². The molecule has 0 atom stereocenters. The monoisotopic (exact) mass is 384 g/mol.